The summed E-state index contributed by atoms with van der Waals surface area (Å²) in [6.45, 7) is 0. The molecule has 1 aromatic heterocycles. The summed E-state index contributed by atoms with van der Waals surface area (Å²) in [5.41, 5.74) is 1.17. The second kappa shape index (κ2) is 7.55. The van der Waals surface area contributed by atoms with Crippen LogP contribution in [0.1, 0.15) is 10.4 Å². The molecule has 26 heavy (non-hydrogen) atoms. The number of anilines is 2. The smallest absolute Gasteiger partial charge is 0.261 e. The molecule has 0 bridgehead atoms. The van der Waals surface area contributed by atoms with Crippen molar-refractivity contribution in [3.05, 3.63) is 83.6 Å². The molecule has 8 heteroatoms. The van der Waals surface area contributed by atoms with E-state index >= 15 is 0 Å². The second-order valence-electron chi connectivity index (χ2n) is 5.33. The summed E-state index contributed by atoms with van der Waals surface area (Å²) in [5.74, 6) is -0.417. The highest BCUT2D eigenvalue weighted by Crippen LogP contribution is 2.19. The van der Waals surface area contributed by atoms with Crippen LogP contribution < -0.4 is 10.0 Å². The molecule has 1 heterocycles. The van der Waals surface area contributed by atoms with Gasteiger partial charge in [0, 0.05) is 34.4 Å². The summed E-state index contributed by atoms with van der Waals surface area (Å²) in [5, 5.41) is 3.19. The highest BCUT2D eigenvalue weighted by atomic mass is 35.5. The molecule has 2 N–H and O–H groups in total. The van der Waals surface area contributed by atoms with Crippen molar-refractivity contribution >= 4 is 38.9 Å². The molecule has 0 spiro atoms. The molecule has 1 amide bonds. The SMILES string of the molecule is O=C(Nc1ccncc1)c1cccc(S(=O)(=O)Nc2ccc(Cl)cc2)c1. The number of carbonyl (C=O) groups excluding carboxylic acids is 1. The van der Waals surface area contributed by atoms with Gasteiger partial charge in [0.25, 0.3) is 15.9 Å². The average Bonchev–Trinajstić information content (AvgIpc) is 2.64. The zero-order chi connectivity index (χ0) is 18.6. The fraction of sp³-hybridized carbons (Fsp3) is 0. The van der Waals surface area contributed by atoms with Gasteiger partial charge in [-0.2, -0.15) is 0 Å². The number of hydrogen-bond acceptors (Lipinski definition) is 4. The maximum absolute atomic E-state index is 12.5. The number of carbonyl (C=O) groups is 1. The average molecular weight is 388 g/mol. The van der Waals surface area contributed by atoms with Crippen molar-refractivity contribution in [1.29, 1.82) is 0 Å². The molecule has 3 rings (SSSR count). The van der Waals surface area contributed by atoms with Crippen LogP contribution in [0.5, 0.6) is 0 Å². The second-order valence-corrected chi connectivity index (χ2v) is 7.45. The third-order valence-electron chi connectivity index (χ3n) is 3.44. The number of halogens is 1. The molecule has 0 saturated carbocycles. The molecule has 0 aliphatic rings. The molecule has 6 nitrogen and oxygen atoms in total. The number of sulfonamides is 1. The minimum absolute atomic E-state index is 0.0187. The molecule has 0 unspecified atom stereocenters. The van der Waals surface area contributed by atoms with Crippen molar-refractivity contribution < 1.29 is 13.2 Å². The zero-order valence-corrected chi connectivity index (χ0v) is 15.0. The van der Waals surface area contributed by atoms with Crippen molar-refractivity contribution in [3.63, 3.8) is 0 Å². The normalized spacial score (nSPS) is 11.0. The van der Waals surface area contributed by atoms with Gasteiger partial charge in [0.15, 0.2) is 0 Å². The third-order valence-corrected chi connectivity index (χ3v) is 5.07. The van der Waals surface area contributed by atoms with Crippen molar-refractivity contribution in [3.8, 4) is 0 Å². The van der Waals surface area contributed by atoms with Crippen LogP contribution >= 0.6 is 11.6 Å². The first-order chi connectivity index (χ1) is 12.4. The third kappa shape index (κ3) is 4.38. The maximum Gasteiger partial charge on any atom is 0.261 e. The first-order valence-electron chi connectivity index (χ1n) is 7.54. The van der Waals surface area contributed by atoms with Crippen LogP contribution in [-0.2, 0) is 10.0 Å². The van der Waals surface area contributed by atoms with Gasteiger partial charge in [-0.05, 0) is 54.6 Å². The van der Waals surface area contributed by atoms with Crippen LogP contribution in [0.2, 0.25) is 5.02 Å². The van der Waals surface area contributed by atoms with Crippen LogP contribution in [0.4, 0.5) is 11.4 Å². The summed E-state index contributed by atoms with van der Waals surface area (Å²) in [4.78, 5) is 16.2. The van der Waals surface area contributed by atoms with Crippen LogP contribution in [0, 0.1) is 0 Å². The van der Waals surface area contributed by atoms with Gasteiger partial charge in [-0.15, -0.1) is 0 Å². The molecular weight excluding hydrogens is 374 g/mol. The Labute approximate surface area is 155 Å². The van der Waals surface area contributed by atoms with E-state index in [1.807, 2.05) is 0 Å². The van der Waals surface area contributed by atoms with Crippen molar-refractivity contribution in [2.45, 2.75) is 4.90 Å². The number of hydrogen-bond donors (Lipinski definition) is 2. The lowest BCUT2D eigenvalue weighted by Gasteiger charge is -2.10. The first kappa shape index (κ1) is 17.9. The Bertz CT molecular complexity index is 1020. The Morgan fingerprint density at radius 1 is 0.923 bits per heavy atom. The number of nitrogens with one attached hydrogen (secondary N) is 2. The summed E-state index contributed by atoms with van der Waals surface area (Å²) in [6, 6.07) is 15.3. The fourth-order valence-electron chi connectivity index (χ4n) is 2.18. The number of aromatic nitrogens is 1. The summed E-state index contributed by atoms with van der Waals surface area (Å²) >= 11 is 5.80. The van der Waals surface area contributed by atoms with Crippen molar-refractivity contribution in [2.75, 3.05) is 10.0 Å². The van der Waals surface area contributed by atoms with Gasteiger partial charge in [0.05, 0.1) is 4.90 Å². The van der Waals surface area contributed by atoms with Crippen molar-refractivity contribution in [2.24, 2.45) is 0 Å². The van der Waals surface area contributed by atoms with E-state index < -0.39 is 15.9 Å². The molecule has 3 aromatic rings. The number of nitrogens with zero attached hydrogens (tertiary/aromatic N) is 1. The van der Waals surface area contributed by atoms with Gasteiger partial charge < -0.3 is 5.32 Å². The summed E-state index contributed by atoms with van der Waals surface area (Å²) in [7, 11) is -3.84. The lowest BCUT2D eigenvalue weighted by molar-refractivity contribution is 0.102. The minimum atomic E-state index is -3.84. The molecule has 0 radical (unpaired) electrons. The van der Waals surface area contributed by atoms with Gasteiger partial charge in [0.2, 0.25) is 0 Å². The highest BCUT2D eigenvalue weighted by molar-refractivity contribution is 7.92. The topological polar surface area (TPSA) is 88.2 Å². The number of amides is 1. The van der Waals surface area contributed by atoms with Gasteiger partial charge in [-0.25, -0.2) is 8.42 Å². The Morgan fingerprint density at radius 3 is 2.31 bits per heavy atom. The van der Waals surface area contributed by atoms with E-state index in [0.717, 1.165) is 0 Å². The first-order valence-corrected chi connectivity index (χ1v) is 9.40. The van der Waals surface area contributed by atoms with E-state index in [0.29, 0.717) is 16.4 Å². The number of rotatable bonds is 5. The predicted octanol–water partition coefficient (Wildman–Crippen LogP) is 3.79. The monoisotopic (exact) mass is 387 g/mol. The summed E-state index contributed by atoms with van der Waals surface area (Å²) < 4.78 is 27.5. The Morgan fingerprint density at radius 2 is 1.62 bits per heavy atom. The van der Waals surface area contributed by atoms with E-state index in [1.165, 1.54) is 24.3 Å². The van der Waals surface area contributed by atoms with Gasteiger partial charge >= 0.3 is 0 Å². The lowest BCUT2D eigenvalue weighted by Crippen LogP contribution is -2.16. The lowest BCUT2D eigenvalue weighted by atomic mass is 10.2. The molecule has 0 atom stereocenters. The summed E-state index contributed by atoms with van der Waals surface area (Å²) in [6.07, 6.45) is 3.10. The minimum Gasteiger partial charge on any atom is -0.322 e. The molecule has 0 saturated heterocycles. The number of pyridine rings is 1. The zero-order valence-electron chi connectivity index (χ0n) is 13.4. The quantitative estimate of drug-likeness (QED) is 0.697. The van der Waals surface area contributed by atoms with Crippen molar-refractivity contribution in [1.82, 2.24) is 4.98 Å². The largest absolute Gasteiger partial charge is 0.322 e. The Hall–Kier alpha value is -2.90. The van der Waals surface area contributed by atoms with Crippen LogP contribution in [0.3, 0.4) is 0 Å². The van der Waals surface area contributed by atoms with Gasteiger partial charge in [0.1, 0.15) is 0 Å². The molecule has 2 aromatic carbocycles. The number of benzene rings is 2. The molecular formula is C18H14ClN3O3S. The molecule has 0 fully saturated rings. The Kier molecular flexibility index (Phi) is 5.20. The highest BCUT2D eigenvalue weighted by Gasteiger charge is 2.16. The van der Waals surface area contributed by atoms with E-state index in [4.69, 9.17) is 11.6 Å². The van der Waals surface area contributed by atoms with Gasteiger partial charge in [-0.1, -0.05) is 17.7 Å². The van der Waals surface area contributed by atoms with E-state index in [2.05, 4.69) is 15.0 Å². The van der Waals surface area contributed by atoms with Crippen LogP contribution in [-0.4, -0.2) is 19.3 Å². The molecule has 0 aliphatic heterocycles. The Balaban J connectivity index is 1.81. The van der Waals surface area contributed by atoms with E-state index in [1.54, 1.807) is 48.8 Å². The van der Waals surface area contributed by atoms with Crippen LogP contribution in [0.15, 0.2) is 78.0 Å². The standard InChI is InChI=1S/C18H14ClN3O3S/c19-14-4-6-16(7-5-14)22-26(24,25)17-3-1-2-13(12-17)18(23)21-15-8-10-20-11-9-15/h1-12,22H,(H,20,21,23). The van der Waals surface area contributed by atoms with E-state index in [-0.39, 0.29) is 10.5 Å². The maximum atomic E-state index is 12.5. The fourth-order valence-corrected chi connectivity index (χ4v) is 3.41. The van der Waals surface area contributed by atoms with E-state index in [9.17, 15) is 13.2 Å². The van der Waals surface area contributed by atoms with Crippen LogP contribution in [0.25, 0.3) is 0 Å². The van der Waals surface area contributed by atoms with Gasteiger partial charge in [-0.3, -0.25) is 14.5 Å². The molecule has 132 valence electrons. The predicted molar refractivity (Wildman–Crippen MR) is 101 cm³/mol. The molecule has 0 aliphatic carbocycles.